The van der Waals surface area contributed by atoms with Gasteiger partial charge in [0.1, 0.15) is 11.8 Å². The van der Waals surface area contributed by atoms with Crippen LogP contribution in [0.1, 0.15) is 32.3 Å². The predicted molar refractivity (Wildman–Crippen MR) is 81.1 cm³/mol. The number of hydrogen-bond acceptors (Lipinski definition) is 3. The van der Waals surface area contributed by atoms with Crippen LogP contribution < -0.4 is 10.1 Å². The van der Waals surface area contributed by atoms with Gasteiger partial charge in [0.25, 0.3) is 0 Å². The van der Waals surface area contributed by atoms with Crippen molar-refractivity contribution < 1.29 is 19.4 Å². The fourth-order valence-corrected chi connectivity index (χ4v) is 1.56. The molecule has 0 aromatic heterocycles. The fraction of sp³-hybridized carbons (Fsp3) is 0.375. The van der Waals surface area contributed by atoms with E-state index in [-0.39, 0.29) is 0 Å². The Hall–Kier alpha value is -2.30. The van der Waals surface area contributed by atoms with Crippen molar-refractivity contribution in [1.29, 1.82) is 0 Å². The standard InChI is InChI=1S/C16H21NO4/c1-3-4-11-21-14-8-6-5-7-13(14)9-10-15(18)17-12(2)16(19)20/h5-10,12H,3-4,11H2,1-2H3,(H,17,18)(H,19,20)/b10-9+/t12-/m0/s1. The van der Waals surface area contributed by atoms with Crippen LogP contribution in [0.4, 0.5) is 0 Å². The van der Waals surface area contributed by atoms with Gasteiger partial charge in [-0.05, 0) is 25.5 Å². The molecule has 0 aliphatic heterocycles. The van der Waals surface area contributed by atoms with Crippen molar-refractivity contribution in [2.24, 2.45) is 0 Å². The molecule has 1 amide bonds. The second-order valence-electron chi connectivity index (χ2n) is 4.64. The number of hydrogen-bond donors (Lipinski definition) is 2. The Balaban J connectivity index is 2.66. The number of para-hydroxylation sites is 1. The van der Waals surface area contributed by atoms with E-state index >= 15 is 0 Å². The number of benzene rings is 1. The van der Waals surface area contributed by atoms with Gasteiger partial charge in [0.15, 0.2) is 0 Å². The van der Waals surface area contributed by atoms with E-state index in [2.05, 4.69) is 12.2 Å². The molecule has 0 radical (unpaired) electrons. The largest absolute Gasteiger partial charge is 0.493 e. The average Bonchev–Trinajstić information content (AvgIpc) is 2.46. The van der Waals surface area contributed by atoms with E-state index in [1.165, 1.54) is 13.0 Å². The molecule has 5 nitrogen and oxygen atoms in total. The molecule has 5 heteroatoms. The van der Waals surface area contributed by atoms with Crippen molar-refractivity contribution in [2.45, 2.75) is 32.7 Å². The first-order valence-electron chi connectivity index (χ1n) is 6.97. The van der Waals surface area contributed by atoms with E-state index in [0.717, 1.165) is 18.4 Å². The molecule has 1 atom stereocenters. The summed E-state index contributed by atoms with van der Waals surface area (Å²) in [7, 11) is 0. The summed E-state index contributed by atoms with van der Waals surface area (Å²) < 4.78 is 5.65. The highest BCUT2D eigenvalue weighted by Crippen LogP contribution is 2.19. The third kappa shape index (κ3) is 6.12. The van der Waals surface area contributed by atoms with Crippen molar-refractivity contribution in [3.05, 3.63) is 35.9 Å². The highest BCUT2D eigenvalue weighted by molar-refractivity contribution is 5.94. The molecule has 1 aromatic carbocycles. The second kappa shape index (κ2) is 8.79. The van der Waals surface area contributed by atoms with Gasteiger partial charge in [0.2, 0.25) is 5.91 Å². The molecule has 0 bridgehead atoms. The van der Waals surface area contributed by atoms with Crippen molar-refractivity contribution in [1.82, 2.24) is 5.32 Å². The number of ether oxygens (including phenoxy) is 1. The molecule has 21 heavy (non-hydrogen) atoms. The summed E-state index contributed by atoms with van der Waals surface area (Å²) in [4.78, 5) is 22.3. The summed E-state index contributed by atoms with van der Waals surface area (Å²) in [5.74, 6) is -0.811. The highest BCUT2D eigenvalue weighted by Gasteiger charge is 2.11. The number of unbranched alkanes of at least 4 members (excludes halogenated alkanes) is 1. The molecule has 0 spiro atoms. The van der Waals surface area contributed by atoms with Crippen molar-refractivity contribution in [3.8, 4) is 5.75 Å². The van der Waals surface area contributed by atoms with Crippen molar-refractivity contribution in [2.75, 3.05) is 6.61 Å². The molecule has 114 valence electrons. The third-order valence-corrected chi connectivity index (χ3v) is 2.82. The van der Waals surface area contributed by atoms with Crippen LogP contribution in [-0.4, -0.2) is 29.6 Å². The van der Waals surface area contributed by atoms with Crippen LogP contribution in [0.25, 0.3) is 6.08 Å². The van der Waals surface area contributed by atoms with Crippen LogP contribution in [0.15, 0.2) is 30.3 Å². The molecule has 0 saturated heterocycles. The van der Waals surface area contributed by atoms with Crippen LogP contribution in [0.2, 0.25) is 0 Å². The molecule has 0 saturated carbocycles. The molecule has 0 heterocycles. The van der Waals surface area contributed by atoms with Gasteiger partial charge in [0, 0.05) is 11.6 Å². The minimum Gasteiger partial charge on any atom is -0.493 e. The van der Waals surface area contributed by atoms with Gasteiger partial charge >= 0.3 is 5.97 Å². The van der Waals surface area contributed by atoms with Gasteiger partial charge in [-0.25, -0.2) is 0 Å². The lowest BCUT2D eigenvalue weighted by Gasteiger charge is -2.09. The maximum Gasteiger partial charge on any atom is 0.325 e. The first-order chi connectivity index (χ1) is 10.0. The first kappa shape index (κ1) is 16.8. The Labute approximate surface area is 124 Å². The van der Waals surface area contributed by atoms with E-state index in [4.69, 9.17) is 9.84 Å². The summed E-state index contributed by atoms with van der Waals surface area (Å²) in [6, 6.07) is 6.48. The number of carboxylic acids is 1. The Bertz CT molecular complexity index is 511. The fourth-order valence-electron chi connectivity index (χ4n) is 1.56. The van der Waals surface area contributed by atoms with Gasteiger partial charge in [0.05, 0.1) is 6.61 Å². The lowest BCUT2D eigenvalue weighted by molar-refractivity contribution is -0.140. The number of carbonyl (C=O) groups is 2. The summed E-state index contributed by atoms with van der Waals surface area (Å²) in [6.07, 6.45) is 4.94. The topological polar surface area (TPSA) is 75.6 Å². The normalized spacial score (nSPS) is 12.1. The molecule has 1 rings (SSSR count). The summed E-state index contributed by atoms with van der Waals surface area (Å²) >= 11 is 0. The van der Waals surface area contributed by atoms with Gasteiger partial charge < -0.3 is 15.2 Å². The van der Waals surface area contributed by atoms with E-state index in [1.54, 1.807) is 6.08 Å². The Kier molecular flexibility index (Phi) is 7.01. The van der Waals surface area contributed by atoms with Gasteiger partial charge in [-0.2, -0.15) is 0 Å². The predicted octanol–water partition coefficient (Wildman–Crippen LogP) is 2.47. The lowest BCUT2D eigenvalue weighted by Crippen LogP contribution is -2.37. The second-order valence-corrected chi connectivity index (χ2v) is 4.64. The number of nitrogens with one attached hydrogen (secondary N) is 1. The molecule has 0 aliphatic rings. The van der Waals surface area contributed by atoms with Crippen LogP contribution in [0.3, 0.4) is 0 Å². The minimum atomic E-state index is -1.07. The molecule has 1 aromatic rings. The zero-order valence-corrected chi connectivity index (χ0v) is 12.3. The molecular weight excluding hydrogens is 270 g/mol. The van der Waals surface area contributed by atoms with Crippen LogP contribution in [-0.2, 0) is 9.59 Å². The number of carboxylic acid groups (broad SMARTS) is 1. The Morgan fingerprint density at radius 2 is 2.10 bits per heavy atom. The average molecular weight is 291 g/mol. The molecule has 0 unspecified atom stereocenters. The maximum absolute atomic E-state index is 11.6. The smallest absolute Gasteiger partial charge is 0.325 e. The maximum atomic E-state index is 11.6. The SMILES string of the molecule is CCCCOc1ccccc1/C=C/C(=O)N[C@@H](C)C(=O)O. The quantitative estimate of drug-likeness (QED) is 0.570. The summed E-state index contributed by atoms with van der Waals surface area (Å²) in [6.45, 7) is 4.13. The molecule has 0 fully saturated rings. The Morgan fingerprint density at radius 3 is 2.76 bits per heavy atom. The molecule has 2 N–H and O–H groups in total. The van der Waals surface area contributed by atoms with E-state index < -0.39 is 17.9 Å². The third-order valence-electron chi connectivity index (χ3n) is 2.82. The number of rotatable bonds is 8. The zero-order valence-electron chi connectivity index (χ0n) is 12.3. The van der Waals surface area contributed by atoms with Crippen molar-refractivity contribution >= 4 is 18.0 Å². The molecular formula is C16H21NO4. The minimum absolute atomic E-state index is 0.451. The monoisotopic (exact) mass is 291 g/mol. The number of aliphatic carboxylic acids is 1. The van der Waals surface area contributed by atoms with E-state index in [1.807, 2.05) is 24.3 Å². The van der Waals surface area contributed by atoms with Gasteiger partial charge in [-0.15, -0.1) is 0 Å². The van der Waals surface area contributed by atoms with Crippen LogP contribution in [0, 0.1) is 0 Å². The summed E-state index contributed by atoms with van der Waals surface area (Å²) in [5, 5.41) is 11.1. The molecule has 0 aliphatic carbocycles. The number of amides is 1. The van der Waals surface area contributed by atoms with Gasteiger partial charge in [-0.3, -0.25) is 9.59 Å². The summed E-state index contributed by atoms with van der Waals surface area (Å²) in [5.41, 5.74) is 0.784. The van der Waals surface area contributed by atoms with E-state index in [0.29, 0.717) is 12.4 Å². The van der Waals surface area contributed by atoms with Crippen LogP contribution >= 0.6 is 0 Å². The lowest BCUT2D eigenvalue weighted by atomic mass is 10.2. The van der Waals surface area contributed by atoms with Crippen LogP contribution in [0.5, 0.6) is 5.75 Å². The first-order valence-corrected chi connectivity index (χ1v) is 6.97. The van der Waals surface area contributed by atoms with E-state index in [9.17, 15) is 9.59 Å². The highest BCUT2D eigenvalue weighted by atomic mass is 16.5. The zero-order chi connectivity index (χ0) is 15.7. The van der Waals surface area contributed by atoms with Crippen molar-refractivity contribution in [3.63, 3.8) is 0 Å². The Morgan fingerprint density at radius 1 is 1.38 bits per heavy atom. The number of carbonyl (C=O) groups excluding carboxylic acids is 1. The van der Waals surface area contributed by atoms with Gasteiger partial charge in [-0.1, -0.05) is 31.5 Å².